The quantitative estimate of drug-likeness (QED) is 0.588. The minimum absolute atomic E-state index is 0.0190. The number of phenolic OH excluding ortho intramolecular Hbond substituents is 1. The van der Waals surface area contributed by atoms with Gasteiger partial charge < -0.3 is 20.3 Å². The minimum Gasteiger partial charge on any atom is -0.504 e. The monoisotopic (exact) mass is 413 g/mol. The van der Waals surface area contributed by atoms with E-state index in [4.69, 9.17) is 4.74 Å². The van der Waals surface area contributed by atoms with Crippen molar-refractivity contribution in [1.82, 2.24) is 0 Å². The van der Waals surface area contributed by atoms with Gasteiger partial charge in [0.1, 0.15) is 10.7 Å². The fraction of sp³-hybridized carbons (Fsp3) is 0.143. The van der Waals surface area contributed by atoms with E-state index in [9.17, 15) is 24.2 Å². The number of hydrogen-bond acceptors (Lipinski definition) is 5. The number of hydrogen-bond donors (Lipinski definition) is 3. The maximum absolute atomic E-state index is 13.8. The van der Waals surface area contributed by atoms with Crippen molar-refractivity contribution in [1.29, 1.82) is 0 Å². The summed E-state index contributed by atoms with van der Waals surface area (Å²) < 4.78 is 18.8. The van der Waals surface area contributed by atoms with Crippen LogP contribution in [0.1, 0.15) is 32.5 Å². The van der Waals surface area contributed by atoms with Gasteiger partial charge in [0.15, 0.2) is 11.5 Å². The van der Waals surface area contributed by atoms with Gasteiger partial charge in [0.05, 0.1) is 12.8 Å². The van der Waals surface area contributed by atoms with Crippen molar-refractivity contribution in [3.63, 3.8) is 0 Å². The molecule has 3 aromatic rings. The SMILES string of the molecule is COc1ccc([C@H]2CC(=O)Nc3c2sc(C(=O)O)c3-c2cccc(F)c2)cc1O. The number of aromatic hydroxyl groups is 1. The van der Waals surface area contributed by atoms with Gasteiger partial charge in [-0.25, -0.2) is 9.18 Å². The summed E-state index contributed by atoms with van der Waals surface area (Å²) in [4.78, 5) is 25.0. The molecule has 4 rings (SSSR count). The molecule has 148 valence electrons. The third kappa shape index (κ3) is 3.31. The molecule has 29 heavy (non-hydrogen) atoms. The molecule has 1 aliphatic rings. The maximum Gasteiger partial charge on any atom is 0.346 e. The third-order valence-electron chi connectivity index (χ3n) is 4.82. The fourth-order valence-electron chi connectivity index (χ4n) is 3.55. The Morgan fingerprint density at radius 3 is 2.72 bits per heavy atom. The van der Waals surface area contributed by atoms with Gasteiger partial charge >= 0.3 is 5.97 Å². The number of thiophene rings is 1. The number of phenols is 1. The molecular weight excluding hydrogens is 397 g/mol. The summed E-state index contributed by atoms with van der Waals surface area (Å²) in [5.74, 6) is -2.16. The number of carboxylic acids is 1. The Morgan fingerprint density at radius 1 is 1.28 bits per heavy atom. The summed E-state index contributed by atoms with van der Waals surface area (Å²) in [6, 6.07) is 10.4. The second kappa shape index (κ2) is 7.21. The van der Waals surface area contributed by atoms with Crippen molar-refractivity contribution < 1.29 is 28.9 Å². The number of ether oxygens (including phenoxy) is 1. The van der Waals surface area contributed by atoms with Crippen LogP contribution >= 0.6 is 11.3 Å². The highest BCUT2D eigenvalue weighted by Gasteiger charge is 2.34. The van der Waals surface area contributed by atoms with E-state index in [1.54, 1.807) is 18.2 Å². The molecule has 0 saturated heterocycles. The van der Waals surface area contributed by atoms with E-state index in [0.29, 0.717) is 27.4 Å². The molecule has 0 spiro atoms. The number of halogens is 1. The molecule has 1 aliphatic heterocycles. The molecule has 0 radical (unpaired) electrons. The Hall–Kier alpha value is -3.39. The normalized spacial score (nSPS) is 15.5. The smallest absolute Gasteiger partial charge is 0.346 e. The zero-order valence-electron chi connectivity index (χ0n) is 15.2. The van der Waals surface area contributed by atoms with Crippen LogP contribution in [0, 0.1) is 5.82 Å². The topological polar surface area (TPSA) is 95.9 Å². The minimum atomic E-state index is -1.16. The van der Waals surface area contributed by atoms with E-state index >= 15 is 0 Å². The van der Waals surface area contributed by atoms with E-state index in [1.807, 2.05) is 0 Å². The van der Waals surface area contributed by atoms with Crippen LogP contribution in [0.4, 0.5) is 10.1 Å². The molecule has 2 heterocycles. The Labute approximate surface area is 169 Å². The predicted octanol–water partition coefficient (Wildman–Crippen LogP) is 4.44. The summed E-state index contributed by atoms with van der Waals surface area (Å²) >= 11 is 1.04. The molecule has 3 N–H and O–H groups in total. The first-order valence-electron chi connectivity index (χ1n) is 8.71. The van der Waals surface area contributed by atoms with E-state index in [0.717, 1.165) is 11.3 Å². The first-order valence-corrected chi connectivity index (χ1v) is 9.53. The lowest BCUT2D eigenvalue weighted by molar-refractivity contribution is -0.116. The van der Waals surface area contributed by atoms with Gasteiger partial charge in [-0.2, -0.15) is 0 Å². The van der Waals surface area contributed by atoms with Crippen molar-refractivity contribution in [2.24, 2.45) is 0 Å². The fourth-order valence-corrected chi connectivity index (χ4v) is 4.80. The summed E-state index contributed by atoms with van der Waals surface area (Å²) in [6.45, 7) is 0. The number of carboxylic acid groups (broad SMARTS) is 1. The van der Waals surface area contributed by atoms with Crippen LogP contribution in [0.2, 0.25) is 0 Å². The number of carbonyl (C=O) groups is 2. The molecule has 0 unspecified atom stereocenters. The van der Waals surface area contributed by atoms with Crippen LogP contribution in [0.3, 0.4) is 0 Å². The molecule has 0 saturated carbocycles. The Morgan fingerprint density at radius 2 is 2.07 bits per heavy atom. The highest BCUT2D eigenvalue weighted by molar-refractivity contribution is 7.15. The van der Waals surface area contributed by atoms with Gasteiger partial charge in [-0.15, -0.1) is 11.3 Å². The van der Waals surface area contributed by atoms with Gasteiger partial charge in [0.2, 0.25) is 5.91 Å². The number of carbonyl (C=O) groups excluding carboxylic acids is 1. The number of methoxy groups -OCH3 is 1. The van der Waals surface area contributed by atoms with Crippen molar-refractivity contribution in [3.8, 4) is 22.6 Å². The van der Waals surface area contributed by atoms with Gasteiger partial charge in [-0.05, 0) is 35.4 Å². The lowest BCUT2D eigenvalue weighted by Crippen LogP contribution is -2.22. The molecule has 0 bridgehead atoms. The lowest BCUT2D eigenvalue weighted by Gasteiger charge is -2.24. The lowest BCUT2D eigenvalue weighted by atomic mass is 9.88. The molecule has 6 nitrogen and oxygen atoms in total. The number of benzene rings is 2. The largest absolute Gasteiger partial charge is 0.504 e. The zero-order chi connectivity index (χ0) is 20.7. The van der Waals surface area contributed by atoms with Crippen molar-refractivity contribution >= 4 is 28.9 Å². The first kappa shape index (κ1) is 18.9. The Kier molecular flexibility index (Phi) is 4.71. The van der Waals surface area contributed by atoms with E-state index in [1.165, 1.54) is 31.4 Å². The summed E-state index contributed by atoms with van der Waals surface area (Å²) in [5, 5.41) is 22.6. The van der Waals surface area contributed by atoms with Gasteiger partial charge in [-0.3, -0.25) is 4.79 Å². The van der Waals surface area contributed by atoms with Crippen LogP contribution < -0.4 is 10.1 Å². The van der Waals surface area contributed by atoms with Gasteiger partial charge in [-0.1, -0.05) is 18.2 Å². The highest BCUT2D eigenvalue weighted by Crippen LogP contribution is 2.50. The molecule has 1 atom stereocenters. The average molecular weight is 413 g/mol. The van der Waals surface area contributed by atoms with Crippen molar-refractivity contribution in [2.45, 2.75) is 12.3 Å². The second-order valence-corrected chi connectivity index (χ2v) is 7.65. The van der Waals surface area contributed by atoms with Crippen LogP contribution in [0.15, 0.2) is 42.5 Å². The predicted molar refractivity (Wildman–Crippen MR) is 106 cm³/mol. The first-order chi connectivity index (χ1) is 13.9. The average Bonchev–Trinajstić information content (AvgIpc) is 3.07. The summed E-state index contributed by atoms with van der Waals surface area (Å²) in [7, 11) is 1.44. The number of anilines is 1. The molecule has 0 aliphatic carbocycles. The molecule has 0 fully saturated rings. The molecule has 2 aromatic carbocycles. The molecule has 1 aromatic heterocycles. The maximum atomic E-state index is 13.8. The van der Waals surface area contributed by atoms with Crippen LogP contribution in [-0.2, 0) is 4.79 Å². The number of aromatic carboxylic acids is 1. The Balaban J connectivity index is 1.92. The van der Waals surface area contributed by atoms with Crippen LogP contribution in [0.25, 0.3) is 11.1 Å². The molecule has 1 amide bonds. The van der Waals surface area contributed by atoms with Crippen molar-refractivity contribution in [3.05, 3.63) is 63.6 Å². The van der Waals surface area contributed by atoms with E-state index in [-0.39, 0.29) is 28.5 Å². The Bertz CT molecular complexity index is 1140. The number of rotatable bonds is 4. The highest BCUT2D eigenvalue weighted by atomic mass is 32.1. The molecule has 8 heteroatoms. The zero-order valence-corrected chi connectivity index (χ0v) is 16.0. The van der Waals surface area contributed by atoms with E-state index < -0.39 is 17.7 Å². The summed E-state index contributed by atoms with van der Waals surface area (Å²) in [6.07, 6.45) is 0.0981. The van der Waals surface area contributed by atoms with Gasteiger partial charge in [0.25, 0.3) is 0 Å². The van der Waals surface area contributed by atoms with Gasteiger partial charge in [0, 0.05) is 22.8 Å². The summed E-state index contributed by atoms with van der Waals surface area (Å²) in [5.41, 5.74) is 1.68. The molecular formula is C21H16FNO5S. The van der Waals surface area contributed by atoms with E-state index in [2.05, 4.69) is 5.32 Å². The number of fused-ring (bicyclic) bond motifs is 1. The second-order valence-electron chi connectivity index (χ2n) is 6.60. The standard InChI is InChI=1S/C21H16FNO5S/c1-28-15-6-5-10(8-14(15)24)13-9-16(25)23-18-17(11-3-2-4-12(22)7-11)20(21(26)27)29-19(13)18/h2-8,13,24H,9H2,1H3,(H,23,25)(H,26,27)/t13-/m1/s1. The van der Waals surface area contributed by atoms with Crippen LogP contribution in [-0.4, -0.2) is 29.2 Å². The third-order valence-corrected chi connectivity index (χ3v) is 6.11. The van der Waals surface area contributed by atoms with Crippen LogP contribution in [0.5, 0.6) is 11.5 Å². The number of amides is 1. The number of nitrogens with one attached hydrogen (secondary N) is 1. The van der Waals surface area contributed by atoms with Crippen molar-refractivity contribution in [2.75, 3.05) is 12.4 Å².